The lowest BCUT2D eigenvalue weighted by atomic mass is 9.86. The molecule has 1 aliphatic rings. The average Bonchev–Trinajstić information content (AvgIpc) is 2.31. The minimum atomic E-state index is 0.256. The van der Waals surface area contributed by atoms with Crippen molar-refractivity contribution in [3.05, 3.63) is 35.4 Å². The molecule has 0 saturated carbocycles. The lowest BCUT2D eigenvalue weighted by Crippen LogP contribution is -2.32. The zero-order valence-corrected chi connectivity index (χ0v) is 12.4. The van der Waals surface area contributed by atoms with Gasteiger partial charge in [-0.25, -0.2) is 0 Å². The second-order valence-electron chi connectivity index (χ2n) is 6.91. The molecule has 1 fully saturated rings. The van der Waals surface area contributed by atoms with Gasteiger partial charge >= 0.3 is 0 Å². The Balaban J connectivity index is 2.01. The van der Waals surface area contributed by atoms with Gasteiger partial charge in [-0.05, 0) is 48.4 Å². The van der Waals surface area contributed by atoms with Crippen LogP contribution in [-0.2, 0) is 12.0 Å². The van der Waals surface area contributed by atoms with Gasteiger partial charge in [0.2, 0.25) is 0 Å². The Morgan fingerprint density at radius 3 is 2.44 bits per heavy atom. The summed E-state index contributed by atoms with van der Waals surface area (Å²) in [5.74, 6) is 0.919. The molecule has 0 unspecified atom stereocenters. The van der Waals surface area contributed by atoms with Crippen LogP contribution in [0.5, 0.6) is 0 Å². The van der Waals surface area contributed by atoms with E-state index in [-0.39, 0.29) is 5.41 Å². The molecule has 0 aromatic heterocycles. The number of hydrogen-bond donors (Lipinski definition) is 0. The number of benzene rings is 1. The van der Waals surface area contributed by atoms with Crippen LogP contribution in [0.2, 0.25) is 0 Å². The van der Waals surface area contributed by atoms with E-state index in [1.165, 1.54) is 37.1 Å². The summed E-state index contributed by atoms with van der Waals surface area (Å²) in [6, 6.07) is 9.12. The molecule has 0 atom stereocenters. The second kappa shape index (κ2) is 5.44. The lowest BCUT2D eigenvalue weighted by Gasteiger charge is -2.30. The maximum Gasteiger partial charge on any atom is 0.0233 e. The highest BCUT2D eigenvalue weighted by molar-refractivity contribution is 5.28. The van der Waals surface area contributed by atoms with Crippen molar-refractivity contribution in [2.75, 3.05) is 13.1 Å². The molecule has 2 rings (SSSR count). The Morgan fingerprint density at radius 2 is 1.83 bits per heavy atom. The van der Waals surface area contributed by atoms with Gasteiger partial charge in [0.05, 0.1) is 0 Å². The number of likely N-dealkylation sites (tertiary alicyclic amines) is 1. The van der Waals surface area contributed by atoms with Crippen LogP contribution in [0.3, 0.4) is 0 Å². The maximum atomic E-state index is 2.60. The average molecular weight is 245 g/mol. The van der Waals surface area contributed by atoms with E-state index in [2.05, 4.69) is 56.9 Å². The maximum absolute atomic E-state index is 2.60. The smallest absolute Gasteiger partial charge is 0.0233 e. The SMILES string of the molecule is CC1CCN(Cc2cccc(C(C)(C)C)c2)CC1. The molecule has 1 nitrogen and oxygen atoms in total. The van der Waals surface area contributed by atoms with Crippen molar-refractivity contribution in [3.63, 3.8) is 0 Å². The van der Waals surface area contributed by atoms with Crippen LogP contribution in [0.4, 0.5) is 0 Å². The van der Waals surface area contributed by atoms with Gasteiger partial charge in [-0.1, -0.05) is 52.0 Å². The Bertz CT molecular complexity index is 381. The largest absolute Gasteiger partial charge is 0.299 e. The minimum Gasteiger partial charge on any atom is -0.299 e. The molecule has 1 saturated heterocycles. The second-order valence-corrected chi connectivity index (χ2v) is 6.91. The predicted octanol–water partition coefficient (Wildman–Crippen LogP) is 4.22. The number of nitrogens with zero attached hydrogens (tertiary/aromatic N) is 1. The van der Waals surface area contributed by atoms with Crippen molar-refractivity contribution in [2.24, 2.45) is 5.92 Å². The molecule has 1 aromatic carbocycles. The molecular weight excluding hydrogens is 218 g/mol. The molecule has 1 heteroatoms. The molecule has 0 amide bonds. The zero-order chi connectivity index (χ0) is 13.2. The molecular formula is C17H27N. The van der Waals surface area contributed by atoms with Gasteiger partial charge < -0.3 is 0 Å². The van der Waals surface area contributed by atoms with E-state index in [0.717, 1.165) is 12.5 Å². The van der Waals surface area contributed by atoms with Gasteiger partial charge in [0.25, 0.3) is 0 Å². The van der Waals surface area contributed by atoms with Crippen LogP contribution in [-0.4, -0.2) is 18.0 Å². The van der Waals surface area contributed by atoms with Crippen LogP contribution in [0, 0.1) is 5.92 Å². The highest BCUT2D eigenvalue weighted by Gasteiger charge is 2.17. The normalized spacial score (nSPS) is 19.1. The Kier molecular flexibility index (Phi) is 4.11. The summed E-state index contributed by atoms with van der Waals surface area (Å²) in [6.07, 6.45) is 2.72. The first kappa shape index (κ1) is 13.6. The zero-order valence-electron chi connectivity index (χ0n) is 12.4. The van der Waals surface area contributed by atoms with E-state index in [1.807, 2.05) is 0 Å². The van der Waals surface area contributed by atoms with Gasteiger partial charge in [0.1, 0.15) is 0 Å². The summed E-state index contributed by atoms with van der Waals surface area (Å²) in [6.45, 7) is 12.9. The van der Waals surface area contributed by atoms with Crippen molar-refractivity contribution in [3.8, 4) is 0 Å². The van der Waals surface area contributed by atoms with Crippen LogP contribution < -0.4 is 0 Å². The van der Waals surface area contributed by atoms with Gasteiger partial charge in [-0.3, -0.25) is 4.90 Å². The van der Waals surface area contributed by atoms with E-state index < -0.39 is 0 Å². The van der Waals surface area contributed by atoms with E-state index in [1.54, 1.807) is 0 Å². The quantitative estimate of drug-likeness (QED) is 0.754. The molecule has 100 valence electrons. The van der Waals surface area contributed by atoms with E-state index in [9.17, 15) is 0 Å². The highest BCUT2D eigenvalue weighted by Crippen LogP contribution is 2.24. The molecule has 0 N–H and O–H groups in total. The highest BCUT2D eigenvalue weighted by atomic mass is 15.1. The fraction of sp³-hybridized carbons (Fsp3) is 0.647. The molecule has 0 spiro atoms. The Labute approximate surface area is 112 Å². The van der Waals surface area contributed by atoms with E-state index in [4.69, 9.17) is 0 Å². The summed E-state index contributed by atoms with van der Waals surface area (Å²) in [7, 11) is 0. The van der Waals surface area contributed by atoms with E-state index in [0.29, 0.717) is 0 Å². The van der Waals surface area contributed by atoms with Crippen molar-refractivity contribution < 1.29 is 0 Å². The molecule has 1 heterocycles. The Morgan fingerprint density at radius 1 is 1.17 bits per heavy atom. The van der Waals surface area contributed by atoms with Crippen LogP contribution >= 0.6 is 0 Å². The monoisotopic (exact) mass is 245 g/mol. The molecule has 0 bridgehead atoms. The third-order valence-corrected chi connectivity index (χ3v) is 4.08. The number of piperidine rings is 1. The molecule has 0 radical (unpaired) electrons. The van der Waals surface area contributed by atoms with Crippen molar-refractivity contribution >= 4 is 0 Å². The van der Waals surface area contributed by atoms with Gasteiger partial charge in [-0.2, -0.15) is 0 Å². The standard InChI is InChI=1S/C17H27N/c1-14-8-10-18(11-9-14)13-15-6-5-7-16(12-15)17(2,3)4/h5-7,12,14H,8-11,13H2,1-4H3. The first-order valence-corrected chi connectivity index (χ1v) is 7.27. The minimum absolute atomic E-state index is 0.256. The molecule has 18 heavy (non-hydrogen) atoms. The summed E-state index contributed by atoms with van der Waals surface area (Å²) < 4.78 is 0. The topological polar surface area (TPSA) is 3.24 Å². The van der Waals surface area contributed by atoms with Gasteiger partial charge in [-0.15, -0.1) is 0 Å². The van der Waals surface area contributed by atoms with Gasteiger partial charge in [0.15, 0.2) is 0 Å². The van der Waals surface area contributed by atoms with Crippen LogP contribution in [0.1, 0.15) is 51.7 Å². The summed E-state index contributed by atoms with van der Waals surface area (Å²) in [5, 5.41) is 0. The van der Waals surface area contributed by atoms with E-state index >= 15 is 0 Å². The molecule has 1 aromatic rings. The first-order chi connectivity index (χ1) is 8.45. The lowest BCUT2D eigenvalue weighted by molar-refractivity contribution is 0.185. The third-order valence-electron chi connectivity index (χ3n) is 4.08. The summed E-state index contributed by atoms with van der Waals surface area (Å²) in [4.78, 5) is 2.60. The molecule has 1 aliphatic heterocycles. The third kappa shape index (κ3) is 3.58. The fourth-order valence-corrected chi connectivity index (χ4v) is 2.61. The van der Waals surface area contributed by atoms with Crippen molar-refractivity contribution in [1.29, 1.82) is 0 Å². The van der Waals surface area contributed by atoms with Crippen molar-refractivity contribution in [1.82, 2.24) is 4.90 Å². The predicted molar refractivity (Wildman–Crippen MR) is 78.8 cm³/mol. The molecule has 0 aliphatic carbocycles. The Hall–Kier alpha value is -0.820. The van der Waals surface area contributed by atoms with Crippen LogP contribution in [0.15, 0.2) is 24.3 Å². The summed E-state index contributed by atoms with van der Waals surface area (Å²) in [5.41, 5.74) is 3.18. The first-order valence-electron chi connectivity index (χ1n) is 7.27. The summed E-state index contributed by atoms with van der Waals surface area (Å²) >= 11 is 0. The number of hydrogen-bond acceptors (Lipinski definition) is 1. The van der Waals surface area contributed by atoms with Gasteiger partial charge in [0, 0.05) is 6.54 Å². The number of rotatable bonds is 2. The van der Waals surface area contributed by atoms with Crippen LogP contribution in [0.25, 0.3) is 0 Å². The fourth-order valence-electron chi connectivity index (χ4n) is 2.61. The van der Waals surface area contributed by atoms with Crippen molar-refractivity contribution in [2.45, 2.75) is 52.5 Å².